The summed E-state index contributed by atoms with van der Waals surface area (Å²) < 4.78 is 0. The molecule has 2 N–H and O–H groups in total. The number of hydrogen-bond donors (Lipinski definition) is 1. The highest BCUT2D eigenvalue weighted by atomic mass is 15.2. The molecule has 0 aromatic rings. The van der Waals surface area contributed by atoms with Crippen LogP contribution in [0.3, 0.4) is 0 Å². The SMILES string of the molecule is CC1CCC(C)N(CC2(CN)CCCCCC2)C1. The molecule has 1 aliphatic carbocycles. The van der Waals surface area contributed by atoms with E-state index in [1.807, 2.05) is 0 Å². The molecule has 2 unspecified atom stereocenters. The monoisotopic (exact) mass is 252 g/mol. The lowest BCUT2D eigenvalue weighted by molar-refractivity contribution is 0.0612. The molecule has 2 nitrogen and oxygen atoms in total. The van der Waals surface area contributed by atoms with Crippen molar-refractivity contribution in [3.63, 3.8) is 0 Å². The van der Waals surface area contributed by atoms with Gasteiger partial charge in [-0.05, 0) is 50.5 Å². The Morgan fingerprint density at radius 3 is 2.33 bits per heavy atom. The fourth-order valence-electron chi connectivity index (χ4n) is 3.94. The lowest BCUT2D eigenvalue weighted by Gasteiger charge is -2.43. The van der Waals surface area contributed by atoms with E-state index in [4.69, 9.17) is 5.73 Å². The van der Waals surface area contributed by atoms with E-state index in [-0.39, 0.29) is 0 Å². The first-order valence-electron chi connectivity index (χ1n) is 8.09. The maximum absolute atomic E-state index is 6.18. The molecule has 2 rings (SSSR count). The standard InChI is InChI=1S/C16H32N2/c1-14-7-8-15(2)18(11-14)13-16(12-17)9-5-3-4-6-10-16/h14-15H,3-13,17H2,1-2H3. The third kappa shape index (κ3) is 3.48. The van der Waals surface area contributed by atoms with Gasteiger partial charge in [-0.25, -0.2) is 0 Å². The molecule has 1 saturated carbocycles. The molecule has 0 spiro atoms. The number of nitrogens with zero attached hydrogens (tertiary/aromatic N) is 1. The van der Waals surface area contributed by atoms with Crippen LogP contribution < -0.4 is 5.73 Å². The number of likely N-dealkylation sites (tertiary alicyclic amines) is 1. The Morgan fingerprint density at radius 1 is 1.06 bits per heavy atom. The summed E-state index contributed by atoms with van der Waals surface area (Å²) in [5.41, 5.74) is 6.61. The molecular formula is C16H32N2. The Morgan fingerprint density at radius 2 is 1.72 bits per heavy atom. The van der Waals surface area contributed by atoms with Gasteiger partial charge < -0.3 is 5.73 Å². The van der Waals surface area contributed by atoms with Crippen molar-refractivity contribution in [1.82, 2.24) is 4.90 Å². The van der Waals surface area contributed by atoms with Crippen LogP contribution in [0.15, 0.2) is 0 Å². The summed E-state index contributed by atoms with van der Waals surface area (Å²) in [6.45, 7) is 8.26. The van der Waals surface area contributed by atoms with Crippen molar-refractivity contribution < 1.29 is 0 Å². The predicted octanol–water partition coefficient (Wildman–Crippen LogP) is 3.41. The second-order valence-electron chi connectivity index (χ2n) is 7.08. The van der Waals surface area contributed by atoms with E-state index in [9.17, 15) is 0 Å². The summed E-state index contributed by atoms with van der Waals surface area (Å²) >= 11 is 0. The van der Waals surface area contributed by atoms with Crippen molar-refractivity contribution in [3.8, 4) is 0 Å². The fraction of sp³-hybridized carbons (Fsp3) is 1.00. The molecule has 0 bridgehead atoms. The first kappa shape index (κ1) is 14.3. The van der Waals surface area contributed by atoms with E-state index in [0.29, 0.717) is 5.41 Å². The zero-order valence-corrected chi connectivity index (χ0v) is 12.5. The average molecular weight is 252 g/mol. The van der Waals surface area contributed by atoms with Crippen molar-refractivity contribution in [3.05, 3.63) is 0 Å². The molecule has 0 radical (unpaired) electrons. The smallest absolute Gasteiger partial charge is 0.00673 e. The van der Waals surface area contributed by atoms with Gasteiger partial charge in [0.2, 0.25) is 0 Å². The summed E-state index contributed by atoms with van der Waals surface area (Å²) in [4.78, 5) is 2.74. The van der Waals surface area contributed by atoms with Crippen LogP contribution in [0, 0.1) is 11.3 Å². The summed E-state index contributed by atoms with van der Waals surface area (Å²) in [6, 6.07) is 0.771. The lowest BCUT2D eigenvalue weighted by Crippen LogP contribution is -2.49. The quantitative estimate of drug-likeness (QED) is 0.780. The van der Waals surface area contributed by atoms with Gasteiger partial charge >= 0.3 is 0 Å². The van der Waals surface area contributed by atoms with Crippen molar-refractivity contribution in [2.24, 2.45) is 17.1 Å². The van der Waals surface area contributed by atoms with Crippen molar-refractivity contribution >= 4 is 0 Å². The molecule has 106 valence electrons. The van der Waals surface area contributed by atoms with Crippen molar-refractivity contribution in [2.75, 3.05) is 19.6 Å². The summed E-state index contributed by atoms with van der Waals surface area (Å²) in [5.74, 6) is 0.877. The Kier molecular flexibility index (Phi) is 5.08. The minimum absolute atomic E-state index is 0.432. The van der Waals surface area contributed by atoms with Gasteiger partial charge in [-0.15, -0.1) is 0 Å². The largest absolute Gasteiger partial charge is 0.330 e. The Bertz CT molecular complexity index is 243. The van der Waals surface area contributed by atoms with E-state index in [2.05, 4.69) is 18.7 Å². The molecule has 1 saturated heterocycles. The number of piperidine rings is 1. The highest BCUT2D eigenvalue weighted by molar-refractivity contribution is 4.89. The Hall–Kier alpha value is -0.0800. The highest BCUT2D eigenvalue weighted by Gasteiger charge is 2.34. The summed E-state index contributed by atoms with van der Waals surface area (Å²) in [5, 5.41) is 0. The Labute approximate surface area is 113 Å². The van der Waals surface area contributed by atoms with Gasteiger partial charge in [0, 0.05) is 19.1 Å². The first-order chi connectivity index (χ1) is 8.65. The van der Waals surface area contributed by atoms with Crippen LogP contribution in [0.1, 0.15) is 65.2 Å². The van der Waals surface area contributed by atoms with E-state index < -0.39 is 0 Å². The topological polar surface area (TPSA) is 29.3 Å². The molecule has 0 amide bonds. The van der Waals surface area contributed by atoms with Gasteiger partial charge in [0.25, 0.3) is 0 Å². The van der Waals surface area contributed by atoms with Crippen LogP contribution in [0.4, 0.5) is 0 Å². The van der Waals surface area contributed by atoms with Crippen LogP contribution in [0.25, 0.3) is 0 Å². The van der Waals surface area contributed by atoms with Crippen LogP contribution in [-0.4, -0.2) is 30.6 Å². The molecule has 1 heterocycles. The van der Waals surface area contributed by atoms with Crippen LogP contribution in [0.5, 0.6) is 0 Å². The second-order valence-corrected chi connectivity index (χ2v) is 7.08. The Balaban J connectivity index is 1.99. The molecule has 2 fully saturated rings. The number of hydrogen-bond acceptors (Lipinski definition) is 2. The minimum Gasteiger partial charge on any atom is -0.330 e. The fourth-order valence-corrected chi connectivity index (χ4v) is 3.94. The van der Waals surface area contributed by atoms with Crippen molar-refractivity contribution in [2.45, 2.75) is 71.3 Å². The summed E-state index contributed by atoms with van der Waals surface area (Å²) in [6.07, 6.45) is 11.2. The van der Waals surface area contributed by atoms with E-state index in [1.165, 1.54) is 64.5 Å². The molecule has 0 aromatic carbocycles. The lowest BCUT2D eigenvalue weighted by atomic mass is 9.78. The van der Waals surface area contributed by atoms with Crippen LogP contribution in [-0.2, 0) is 0 Å². The van der Waals surface area contributed by atoms with Gasteiger partial charge in [-0.2, -0.15) is 0 Å². The number of rotatable bonds is 3. The molecule has 0 aromatic heterocycles. The first-order valence-corrected chi connectivity index (χ1v) is 8.09. The molecule has 2 atom stereocenters. The van der Waals surface area contributed by atoms with Gasteiger partial charge in [-0.1, -0.05) is 32.6 Å². The maximum Gasteiger partial charge on any atom is 0.00673 e. The number of nitrogens with two attached hydrogens (primary N) is 1. The zero-order chi connectivity index (χ0) is 13.0. The van der Waals surface area contributed by atoms with E-state index >= 15 is 0 Å². The molecule has 2 heteroatoms. The van der Waals surface area contributed by atoms with Gasteiger partial charge in [0.15, 0.2) is 0 Å². The molecule has 2 aliphatic rings. The van der Waals surface area contributed by atoms with Crippen LogP contribution >= 0.6 is 0 Å². The van der Waals surface area contributed by atoms with Gasteiger partial charge in [0.1, 0.15) is 0 Å². The third-order valence-electron chi connectivity index (χ3n) is 5.38. The van der Waals surface area contributed by atoms with E-state index in [1.54, 1.807) is 0 Å². The van der Waals surface area contributed by atoms with Crippen molar-refractivity contribution in [1.29, 1.82) is 0 Å². The molecule has 1 aliphatic heterocycles. The summed E-state index contributed by atoms with van der Waals surface area (Å²) in [7, 11) is 0. The third-order valence-corrected chi connectivity index (χ3v) is 5.38. The van der Waals surface area contributed by atoms with E-state index in [0.717, 1.165) is 18.5 Å². The normalized spacial score (nSPS) is 34.2. The highest BCUT2D eigenvalue weighted by Crippen LogP contribution is 2.36. The predicted molar refractivity (Wildman–Crippen MR) is 78.6 cm³/mol. The minimum atomic E-state index is 0.432. The van der Waals surface area contributed by atoms with Gasteiger partial charge in [-0.3, -0.25) is 4.90 Å². The van der Waals surface area contributed by atoms with Crippen LogP contribution in [0.2, 0.25) is 0 Å². The van der Waals surface area contributed by atoms with Gasteiger partial charge in [0.05, 0.1) is 0 Å². The zero-order valence-electron chi connectivity index (χ0n) is 12.5. The second kappa shape index (κ2) is 6.38. The molecule has 18 heavy (non-hydrogen) atoms. The maximum atomic E-state index is 6.18. The molecular weight excluding hydrogens is 220 g/mol. The average Bonchev–Trinajstić information content (AvgIpc) is 2.60.